The number of halogens is 1. The fourth-order valence-corrected chi connectivity index (χ4v) is 0.744. The molecule has 1 aromatic rings. The third kappa shape index (κ3) is 2.48. The number of nitrogens with zero attached hydrogens (tertiary/aromatic N) is 3. The van der Waals surface area contributed by atoms with Gasteiger partial charge in [0.05, 0.1) is 11.7 Å². The van der Waals surface area contributed by atoms with Gasteiger partial charge in [0.1, 0.15) is 0 Å². The minimum absolute atomic E-state index is 0. The molecule has 0 saturated carbocycles. The Morgan fingerprint density at radius 3 is 2.73 bits per heavy atom. The van der Waals surface area contributed by atoms with E-state index in [0.29, 0.717) is 0 Å². The van der Waals surface area contributed by atoms with Crippen molar-refractivity contribution in [2.45, 2.75) is 19.4 Å². The summed E-state index contributed by atoms with van der Waals surface area (Å²) in [6, 6.07) is 0.0358. The summed E-state index contributed by atoms with van der Waals surface area (Å²) in [6.45, 7) is 2.03. The largest absolute Gasteiger partial charge is 0.323 e. The molecule has 2 N–H and O–H groups in total. The Bertz CT molecular complexity index is 210. The van der Waals surface area contributed by atoms with Crippen molar-refractivity contribution in [2.75, 3.05) is 0 Å². The first-order chi connectivity index (χ1) is 4.74. The molecule has 1 atom stereocenters. The summed E-state index contributed by atoms with van der Waals surface area (Å²) in [7, 11) is 1.83. The molecule has 11 heavy (non-hydrogen) atoms. The number of hydrogen-bond acceptors (Lipinski definition) is 3. The van der Waals surface area contributed by atoms with Crippen LogP contribution in [0.15, 0.2) is 6.20 Å². The minimum atomic E-state index is 0. The van der Waals surface area contributed by atoms with E-state index in [9.17, 15) is 0 Å². The smallest absolute Gasteiger partial charge is 0.0993 e. The van der Waals surface area contributed by atoms with Crippen molar-refractivity contribution in [3.63, 3.8) is 0 Å². The predicted molar refractivity (Wildman–Crippen MR) is 45.5 cm³/mol. The van der Waals surface area contributed by atoms with E-state index in [1.165, 1.54) is 0 Å². The fourth-order valence-electron chi connectivity index (χ4n) is 0.744. The van der Waals surface area contributed by atoms with Crippen LogP contribution in [0.1, 0.15) is 25.1 Å². The molecule has 1 rings (SSSR count). The van der Waals surface area contributed by atoms with Gasteiger partial charge >= 0.3 is 0 Å². The Hall–Kier alpha value is -0.610. The van der Waals surface area contributed by atoms with Gasteiger partial charge in [-0.1, -0.05) is 12.1 Å². The number of hydrogen-bond donors (Lipinski definition) is 1. The highest BCUT2D eigenvalue weighted by atomic mass is 35.5. The SMILES string of the molecule is CC[C@H](N)c1cn(C)nn1.Cl. The first-order valence-electron chi connectivity index (χ1n) is 3.36. The zero-order valence-corrected chi connectivity index (χ0v) is 7.51. The van der Waals surface area contributed by atoms with Gasteiger partial charge in [-0.2, -0.15) is 0 Å². The summed E-state index contributed by atoms with van der Waals surface area (Å²) in [5.41, 5.74) is 6.56. The van der Waals surface area contributed by atoms with Crippen LogP contribution in [-0.4, -0.2) is 15.0 Å². The van der Waals surface area contributed by atoms with Gasteiger partial charge in [0.2, 0.25) is 0 Å². The van der Waals surface area contributed by atoms with Gasteiger partial charge in [-0.15, -0.1) is 17.5 Å². The van der Waals surface area contributed by atoms with Gasteiger partial charge in [-0.05, 0) is 6.42 Å². The van der Waals surface area contributed by atoms with E-state index in [1.807, 2.05) is 20.2 Å². The lowest BCUT2D eigenvalue weighted by molar-refractivity contribution is 0.667. The summed E-state index contributed by atoms with van der Waals surface area (Å²) < 4.78 is 1.66. The molecule has 0 saturated heterocycles. The second kappa shape index (κ2) is 4.31. The summed E-state index contributed by atoms with van der Waals surface area (Å²) in [6.07, 6.45) is 2.74. The molecule has 0 spiro atoms. The van der Waals surface area contributed by atoms with Crippen LogP contribution in [0.3, 0.4) is 0 Å². The Morgan fingerprint density at radius 2 is 2.36 bits per heavy atom. The van der Waals surface area contributed by atoms with Gasteiger partial charge in [-0.25, -0.2) is 0 Å². The maximum atomic E-state index is 5.69. The van der Waals surface area contributed by atoms with E-state index < -0.39 is 0 Å². The van der Waals surface area contributed by atoms with E-state index in [4.69, 9.17) is 5.73 Å². The van der Waals surface area contributed by atoms with Crippen molar-refractivity contribution in [2.24, 2.45) is 12.8 Å². The maximum absolute atomic E-state index is 5.69. The molecule has 0 radical (unpaired) electrons. The standard InChI is InChI=1S/C6H12N4.ClH/c1-3-5(7)6-4-10(2)9-8-6;/h4-5H,3,7H2,1-2H3;1H/t5-;/m0./s1. The Kier molecular flexibility index (Phi) is 4.07. The molecule has 1 heterocycles. The van der Waals surface area contributed by atoms with Gasteiger partial charge in [0.25, 0.3) is 0 Å². The number of aryl methyl sites for hydroxylation is 1. The zero-order chi connectivity index (χ0) is 7.56. The first kappa shape index (κ1) is 10.4. The quantitative estimate of drug-likeness (QED) is 0.720. The van der Waals surface area contributed by atoms with Gasteiger partial charge in [0, 0.05) is 13.2 Å². The molecule has 1 aromatic heterocycles. The topological polar surface area (TPSA) is 56.7 Å². The highest BCUT2D eigenvalue weighted by molar-refractivity contribution is 5.85. The van der Waals surface area contributed by atoms with Crippen molar-refractivity contribution in [1.29, 1.82) is 0 Å². The third-order valence-electron chi connectivity index (χ3n) is 1.44. The fraction of sp³-hybridized carbons (Fsp3) is 0.667. The third-order valence-corrected chi connectivity index (χ3v) is 1.44. The van der Waals surface area contributed by atoms with Crippen LogP contribution in [0.25, 0.3) is 0 Å². The van der Waals surface area contributed by atoms with Crippen LogP contribution in [0.2, 0.25) is 0 Å². The van der Waals surface area contributed by atoms with Crippen LogP contribution >= 0.6 is 12.4 Å². The summed E-state index contributed by atoms with van der Waals surface area (Å²) in [4.78, 5) is 0. The minimum Gasteiger partial charge on any atom is -0.323 e. The molecular weight excluding hydrogens is 164 g/mol. The molecule has 0 aliphatic rings. The van der Waals surface area contributed by atoms with E-state index in [1.54, 1.807) is 4.68 Å². The zero-order valence-electron chi connectivity index (χ0n) is 6.69. The molecule has 0 aromatic carbocycles. The average Bonchev–Trinajstić information content (AvgIpc) is 2.34. The van der Waals surface area contributed by atoms with Gasteiger partial charge in [-0.3, -0.25) is 4.68 Å². The lowest BCUT2D eigenvalue weighted by Gasteiger charge is -2.00. The van der Waals surface area contributed by atoms with Crippen LogP contribution < -0.4 is 5.73 Å². The molecule has 64 valence electrons. The lowest BCUT2D eigenvalue weighted by Crippen LogP contribution is -2.08. The molecule has 0 aliphatic carbocycles. The molecule has 4 nitrogen and oxygen atoms in total. The first-order valence-corrected chi connectivity index (χ1v) is 3.36. The number of aromatic nitrogens is 3. The van der Waals surface area contributed by atoms with E-state index in [2.05, 4.69) is 10.3 Å². The molecular formula is C6H13ClN4. The summed E-state index contributed by atoms with van der Waals surface area (Å²) >= 11 is 0. The van der Waals surface area contributed by atoms with Crippen LogP contribution in [-0.2, 0) is 7.05 Å². The highest BCUT2D eigenvalue weighted by Crippen LogP contribution is 2.07. The average molecular weight is 177 g/mol. The molecule has 0 bridgehead atoms. The second-order valence-electron chi connectivity index (χ2n) is 2.33. The van der Waals surface area contributed by atoms with Gasteiger partial charge in [0.15, 0.2) is 0 Å². The highest BCUT2D eigenvalue weighted by Gasteiger charge is 2.05. The predicted octanol–water partition coefficient (Wildman–Crippen LogP) is 0.647. The van der Waals surface area contributed by atoms with Crippen molar-refractivity contribution in [3.05, 3.63) is 11.9 Å². The van der Waals surface area contributed by atoms with Crippen molar-refractivity contribution < 1.29 is 0 Å². The molecule has 5 heteroatoms. The van der Waals surface area contributed by atoms with E-state index >= 15 is 0 Å². The molecule has 0 unspecified atom stereocenters. The monoisotopic (exact) mass is 176 g/mol. The van der Waals surface area contributed by atoms with E-state index in [0.717, 1.165) is 12.1 Å². The van der Waals surface area contributed by atoms with E-state index in [-0.39, 0.29) is 18.4 Å². The van der Waals surface area contributed by atoms with Crippen LogP contribution in [0.4, 0.5) is 0 Å². The second-order valence-corrected chi connectivity index (χ2v) is 2.33. The Labute approximate surface area is 72.2 Å². The van der Waals surface area contributed by atoms with Crippen LogP contribution in [0.5, 0.6) is 0 Å². The number of rotatable bonds is 2. The van der Waals surface area contributed by atoms with Crippen molar-refractivity contribution >= 4 is 12.4 Å². The van der Waals surface area contributed by atoms with Crippen molar-refractivity contribution in [3.8, 4) is 0 Å². The molecule has 0 fully saturated rings. The summed E-state index contributed by atoms with van der Waals surface area (Å²) in [5.74, 6) is 0. The van der Waals surface area contributed by atoms with Crippen LogP contribution in [0, 0.1) is 0 Å². The lowest BCUT2D eigenvalue weighted by atomic mass is 10.2. The van der Waals surface area contributed by atoms with Crippen molar-refractivity contribution in [1.82, 2.24) is 15.0 Å². The summed E-state index contributed by atoms with van der Waals surface area (Å²) in [5, 5.41) is 7.65. The molecule has 0 amide bonds. The van der Waals surface area contributed by atoms with Gasteiger partial charge < -0.3 is 5.73 Å². The number of nitrogens with two attached hydrogens (primary N) is 1. The molecule has 0 aliphatic heterocycles. The normalized spacial score (nSPS) is 12.3. The maximum Gasteiger partial charge on any atom is 0.0993 e. The Balaban J connectivity index is 0.000001000. The Morgan fingerprint density at radius 1 is 1.73 bits per heavy atom.